The molecule has 1 nitrogen and oxygen atoms in total. The Bertz CT molecular complexity index is 260. The van der Waals surface area contributed by atoms with Crippen LogP contribution in [0.15, 0.2) is 30.3 Å². The van der Waals surface area contributed by atoms with Crippen LogP contribution in [0, 0.1) is 0 Å². The predicted molar refractivity (Wildman–Crippen MR) is 53.7 cm³/mol. The third kappa shape index (κ3) is 2.95. The number of carbonyl (C=O) groups excluding carboxylic acids is 1. The molecule has 0 spiro atoms. The van der Waals surface area contributed by atoms with Gasteiger partial charge in [0.1, 0.15) is 5.38 Å². The van der Waals surface area contributed by atoms with E-state index in [2.05, 4.69) is 15.9 Å². The van der Waals surface area contributed by atoms with Crippen molar-refractivity contribution in [3.8, 4) is 0 Å². The lowest BCUT2D eigenvalue weighted by Crippen LogP contribution is -2.10. The molecular formula is C9H8BrClO. The molecule has 1 atom stereocenters. The minimum Gasteiger partial charge on any atom is -0.285 e. The highest BCUT2D eigenvalue weighted by Crippen LogP contribution is 2.11. The van der Waals surface area contributed by atoms with Gasteiger partial charge in [-0.15, -0.1) is 11.6 Å². The quantitative estimate of drug-likeness (QED) is 0.593. The standard InChI is InChI=1S/C9H8BrClO/c10-9(12)8(11)6-7-4-2-1-3-5-7/h1-5,8H,6H2/t8-/m1/s1. The van der Waals surface area contributed by atoms with E-state index in [0.717, 1.165) is 5.56 Å². The first-order valence-corrected chi connectivity index (χ1v) is 4.80. The molecule has 3 heteroatoms. The summed E-state index contributed by atoms with van der Waals surface area (Å²) in [7, 11) is 0. The average Bonchev–Trinajstić information content (AvgIpc) is 2.06. The Morgan fingerprint density at radius 1 is 1.42 bits per heavy atom. The maximum absolute atomic E-state index is 10.7. The first kappa shape index (κ1) is 9.75. The fourth-order valence-corrected chi connectivity index (χ4v) is 1.24. The maximum atomic E-state index is 10.7. The van der Waals surface area contributed by atoms with Gasteiger partial charge in [-0.3, -0.25) is 4.79 Å². The van der Waals surface area contributed by atoms with E-state index in [1.165, 1.54) is 0 Å². The largest absolute Gasteiger partial charge is 0.285 e. The fraction of sp³-hybridized carbons (Fsp3) is 0.222. The van der Waals surface area contributed by atoms with Gasteiger partial charge in [-0.05, 0) is 27.9 Å². The van der Waals surface area contributed by atoms with Crippen molar-refractivity contribution in [2.45, 2.75) is 11.8 Å². The topological polar surface area (TPSA) is 17.1 Å². The summed E-state index contributed by atoms with van der Waals surface area (Å²) in [6.45, 7) is 0. The third-order valence-electron chi connectivity index (χ3n) is 1.50. The van der Waals surface area contributed by atoms with Crippen LogP contribution >= 0.6 is 27.5 Å². The van der Waals surface area contributed by atoms with E-state index in [4.69, 9.17) is 11.6 Å². The highest BCUT2D eigenvalue weighted by Gasteiger charge is 2.11. The zero-order chi connectivity index (χ0) is 8.97. The Kier molecular flexibility index (Phi) is 3.76. The van der Waals surface area contributed by atoms with Crippen LogP contribution in [-0.4, -0.2) is 10.1 Å². The predicted octanol–water partition coefficient (Wildman–Crippen LogP) is 2.76. The van der Waals surface area contributed by atoms with Crippen LogP contribution in [0.25, 0.3) is 0 Å². The van der Waals surface area contributed by atoms with Crippen LogP contribution in [-0.2, 0) is 11.2 Å². The molecule has 0 saturated carbocycles. The molecule has 0 bridgehead atoms. The number of rotatable bonds is 3. The van der Waals surface area contributed by atoms with Gasteiger partial charge in [-0.25, -0.2) is 0 Å². The van der Waals surface area contributed by atoms with Crippen molar-refractivity contribution in [2.24, 2.45) is 0 Å². The van der Waals surface area contributed by atoms with Gasteiger partial charge in [0.15, 0.2) is 0 Å². The van der Waals surface area contributed by atoms with Crippen molar-refractivity contribution >= 4 is 32.2 Å². The van der Waals surface area contributed by atoms with Crippen LogP contribution in [0.4, 0.5) is 0 Å². The van der Waals surface area contributed by atoms with Crippen molar-refractivity contribution in [1.29, 1.82) is 0 Å². The van der Waals surface area contributed by atoms with Crippen molar-refractivity contribution in [3.63, 3.8) is 0 Å². The normalized spacial score (nSPS) is 12.5. The van der Waals surface area contributed by atoms with Gasteiger partial charge in [0.2, 0.25) is 4.69 Å². The molecule has 0 aliphatic rings. The van der Waals surface area contributed by atoms with E-state index in [1.54, 1.807) is 0 Å². The molecule has 0 aromatic heterocycles. The number of hydrogen-bond acceptors (Lipinski definition) is 1. The van der Waals surface area contributed by atoms with Gasteiger partial charge in [-0.1, -0.05) is 30.3 Å². The van der Waals surface area contributed by atoms with Crippen LogP contribution in [0.1, 0.15) is 5.56 Å². The lowest BCUT2D eigenvalue weighted by Gasteiger charge is -2.03. The van der Waals surface area contributed by atoms with Gasteiger partial charge in [0.05, 0.1) is 0 Å². The summed E-state index contributed by atoms with van der Waals surface area (Å²) in [6, 6.07) is 9.69. The molecule has 12 heavy (non-hydrogen) atoms. The molecule has 1 rings (SSSR count). The van der Waals surface area contributed by atoms with E-state index in [1.807, 2.05) is 30.3 Å². The Labute approximate surface area is 84.9 Å². The van der Waals surface area contributed by atoms with Crippen LogP contribution in [0.2, 0.25) is 0 Å². The summed E-state index contributed by atoms with van der Waals surface area (Å²) in [5, 5.41) is -0.465. The molecule has 0 amide bonds. The molecule has 1 aromatic rings. The number of hydrogen-bond donors (Lipinski definition) is 0. The van der Waals surface area contributed by atoms with Crippen molar-refractivity contribution in [2.75, 3.05) is 0 Å². The molecule has 64 valence electrons. The van der Waals surface area contributed by atoms with Gasteiger partial charge < -0.3 is 0 Å². The van der Waals surface area contributed by atoms with Gasteiger partial charge >= 0.3 is 0 Å². The minimum atomic E-state index is -0.465. The van der Waals surface area contributed by atoms with Crippen LogP contribution in [0.5, 0.6) is 0 Å². The summed E-state index contributed by atoms with van der Waals surface area (Å²) < 4.78 is -0.159. The lowest BCUT2D eigenvalue weighted by molar-refractivity contribution is -0.110. The summed E-state index contributed by atoms with van der Waals surface area (Å²) >= 11 is 8.58. The number of carbonyl (C=O) groups is 1. The van der Waals surface area contributed by atoms with E-state index >= 15 is 0 Å². The molecular weight excluding hydrogens is 239 g/mol. The Balaban J connectivity index is 2.58. The molecule has 0 aliphatic carbocycles. The molecule has 0 aliphatic heterocycles. The summed E-state index contributed by atoms with van der Waals surface area (Å²) in [4.78, 5) is 10.7. The molecule has 0 radical (unpaired) electrons. The van der Waals surface area contributed by atoms with E-state index in [9.17, 15) is 4.79 Å². The summed E-state index contributed by atoms with van der Waals surface area (Å²) in [5.41, 5.74) is 1.07. The smallest absolute Gasteiger partial charge is 0.215 e. The second-order valence-corrected chi connectivity index (χ2v) is 3.77. The summed E-state index contributed by atoms with van der Waals surface area (Å²) in [6.07, 6.45) is 0.576. The Morgan fingerprint density at radius 2 is 2.00 bits per heavy atom. The van der Waals surface area contributed by atoms with Crippen LogP contribution < -0.4 is 0 Å². The Morgan fingerprint density at radius 3 is 2.50 bits per heavy atom. The molecule has 0 heterocycles. The number of benzene rings is 1. The maximum Gasteiger partial charge on any atom is 0.215 e. The summed E-state index contributed by atoms with van der Waals surface area (Å²) in [5.74, 6) is 0. The second kappa shape index (κ2) is 4.63. The fourth-order valence-electron chi connectivity index (χ4n) is 0.901. The molecule has 0 fully saturated rings. The second-order valence-electron chi connectivity index (χ2n) is 2.46. The van der Waals surface area contributed by atoms with Gasteiger partial charge in [0, 0.05) is 0 Å². The van der Waals surface area contributed by atoms with Crippen molar-refractivity contribution < 1.29 is 4.79 Å². The average molecular weight is 248 g/mol. The van der Waals surface area contributed by atoms with E-state index in [0.29, 0.717) is 6.42 Å². The monoisotopic (exact) mass is 246 g/mol. The molecule has 0 unspecified atom stereocenters. The third-order valence-corrected chi connectivity index (χ3v) is 2.67. The SMILES string of the molecule is O=C(Br)[C@H](Cl)Cc1ccccc1. The lowest BCUT2D eigenvalue weighted by atomic mass is 10.1. The minimum absolute atomic E-state index is 0.159. The number of halogens is 2. The Hall–Kier alpha value is -0.340. The van der Waals surface area contributed by atoms with Crippen LogP contribution in [0.3, 0.4) is 0 Å². The number of alkyl halides is 1. The zero-order valence-electron chi connectivity index (χ0n) is 6.34. The van der Waals surface area contributed by atoms with Gasteiger partial charge in [0.25, 0.3) is 0 Å². The molecule has 0 saturated heterocycles. The van der Waals surface area contributed by atoms with Crippen molar-refractivity contribution in [1.82, 2.24) is 0 Å². The van der Waals surface area contributed by atoms with Crippen molar-refractivity contribution in [3.05, 3.63) is 35.9 Å². The first-order valence-electron chi connectivity index (χ1n) is 3.57. The van der Waals surface area contributed by atoms with Gasteiger partial charge in [-0.2, -0.15) is 0 Å². The highest BCUT2D eigenvalue weighted by atomic mass is 79.9. The zero-order valence-corrected chi connectivity index (χ0v) is 8.68. The first-order chi connectivity index (χ1) is 5.70. The molecule has 1 aromatic carbocycles. The molecule has 0 N–H and O–H groups in total. The van der Waals surface area contributed by atoms with E-state index in [-0.39, 0.29) is 4.69 Å². The highest BCUT2D eigenvalue weighted by molar-refractivity contribution is 9.18. The van der Waals surface area contributed by atoms with E-state index < -0.39 is 5.38 Å².